The predicted octanol–water partition coefficient (Wildman–Crippen LogP) is 24.7. The molecule has 0 heterocycles. The molecule has 0 aromatic heterocycles. The highest BCUT2D eigenvalue weighted by Gasteiger charge is 2.19. The van der Waals surface area contributed by atoms with E-state index in [0.29, 0.717) is 19.3 Å². The van der Waals surface area contributed by atoms with Crippen LogP contribution in [0.3, 0.4) is 0 Å². The SMILES string of the molecule is CC/C=C\C/C=C\C/C=C\C/C=C\CCCCCCCCCCCCCCCCCCCCCCC(=O)OCC(COC(=O)CCCCCCCCCCCCC)OC(=O)CCCCCCCCCCC/C=C\CCCCCCCC. The molecule has 0 aromatic carbocycles. The van der Waals surface area contributed by atoms with Crippen LogP contribution in [0.4, 0.5) is 0 Å². The van der Waals surface area contributed by atoms with Crippen LogP contribution in [0.5, 0.6) is 0 Å². The van der Waals surface area contributed by atoms with Gasteiger partial charge in [0.25, 0.3) is 0 Å². The normalized spacial score (nSPS) is 12.4. The van der Waals surface area contributed by atoms with Gasteiger partial charge in [0, 0.05) is 19.3 Å². The first kappa shape index (κ1) is 78.1. The van der Waals surface area contributed by atoms with Crippen LogP contribution in [0.25, 0.3) is 0 Å². The summed E-state index contributed by atoms with van der Waals surface area (Å²) in [4.78, 5) is 38.3. The minimum atomic E-state index is -0.771. The van der Waals surface area contributed by atoms with Gasteiger partial charge < -0.3 is 14.2 Å². The van der Waals surface area contributed by atoms with Crippen LogP contribution in [0.2, 0.25) is 0 Å². The van der Waals surface area contributed by atoms with E-state index in [-0.39, 0.29) is 31.1 Å². The van der Waals surface area contributed by atoms with E-state index in [1.807, 2.05) is 0 Å². The van der Waals surface area contributed by atoms with Crippen molar-refractivity contribution in [3.05, 3.63) is 60.8 Å². The van der Waals surface area contributed by atoms with Gasteiger partial charge >= 0.3 is 17.9 Å². The van der Waals surface area contributed by atoms with Crippen molar-refractivity contribution in [1.29, 1.82) is 0 Å². The molecular weight excluding hydrogens is 997 g/mol. The number of allylic oxidation sites excluding steroid dienone is 10. The van der Waals surface area contributed by atoms with Gasteiger partial charge in [0.1, 0.15) is 13.2 Å². The summed E-state index contributed by atoms with van der Waals surface area (Å²) >= 11 is 0. The fourth-order valence-corrected chi connectivity index (χ4v) is 10.7. The Morgan fingerprint density at radius 3 is 0.765 bits per heavy atom. The van der Waals surface area contributed by atoms with Crippen molar-refractivity contribution in [3.63, 3.8) is 0 Å². The van der Waals surface area contributed by atoms with Crippen molar-refractivity contribution < 1.29 is 28.6 Å². The van der Waals surface area contributed by atoms with Crippen LogP contribution >= 0.6 is 0 Å². The van der Waals surface area contributed by atoms with Crippen LogP contribution in [0.15, 0.2) is 60.8 Å². The van der Waals surface area contributed by atoms with Crippen LogP contribution in [0.1, 0.15) is 380 Å². The van der Waals surface area contributed by atoms with Gasteiger partial charge in [-0.05, 0) is 83.5 Å². The molecule has 472 valence electrons. The third-order valence-electron chi connectivity index (χ3n) is 16.0. The monoisotopic (exact) mass is 1130 g/mol. The standard InChI is InChI=1S/C75H136O6/c1-4-7-10-13-16-19-22-24-26-28-30-31-32-33-34-35-36-37-38-39-40-41-42-43-45-46-48-50-53-56-59-62-65-68-74(77)80-71-72(70-79-73(76)67-64-61-58-55-52-21-18-15-12-9-6-3)81-75(78)69-66-63-60-57-54-51-49-47-44-29-27-25-23-20-17-14-11-8-5-2/h7,10,16,19,24-27,30-31,72H,4-6,8-9,11-15,17-18,20-23,28-29,32-71H2,1-3H3/b10-7-,19-16-,26-24-,27-25-,31-30-. The topological polar surface area (TPSA) is 78.9 Å². The summed E-state index contributed by atoms with van der Waals surface area (Å²) in [6, 6.07) is 0. The van der Waals surface area contributed by atoms with Gasteiger partial charge in [0.05, 0.1) is 0 Å². The number of esters is 3. The van der Waals surface area contributed by atoms with Gasteiger partial charge in [-0.25, -0.2) is 0 Å². The lowest BCUT2D eigenvalue weighted by Gasteiger charge is -2.18. The molecule has 0 radical (unpaired) electrons. The van der Waals surface area contributed by atoms with Gasteiger partial charge in [0.15, 0.2) is 6.10 Å². The molecule has 1 atom stereocenters. The maximum Gasteiger partial charge on any atom is 0.306 e. The molecular formula is C75H136O6. The zero-order valence-corrected chi connectivity index (χ0v) is 54.3. The molecule has 1 unspecified atom stereocenters. The lowest BCUT2D eigenvalue weighted by molar-refractivity contribution is -0.167. The summed E-state index contributed by atoms with van der Waals surface area (Å²) in [5, 5.41) is 0. The number of hydrogen-bond acceptors (Lipinski definition) is 6. The first-order valence-electron chi connectivity index (χ1n) is 35.8. The van der Waals surface area contributed by atoms with Crippen molar-refractivity contribution in [3.8, 4) is 0 Å². The number of carbonyl (C=O) groups is 3. The summed E-state index contributed by atoms with van der Waals surface area (Å²) in [5.41, 5.74) is 0. The Hall–Kier alpha value is -2.89. The van der Waals surface area contributed by atoms with Gasteiger partial charge in [-0.1, -0.05) is 338 Å². The predicted molar refractivity (Wildman–Crippen MR) is 353 cm³/mol. The molecule has 0 aromatic rings. The molecule has 0 saturated carbocycles. The summed E-state index contributed by atoms with van der Waals surface area (Å²) in [5.74, 6) is -0.845. The number of unbranched alkanes of at least 4 members (excludes halogenated alkanes) is 45. The minimum absolute atomic E-state index is 0.0682. The second-order valence-electron chi connectivity index (χ2n) is 24.1. The Kier molecular flexibility index (Phi) is 67.1. The van der Waals surface area contributed by atoms with Crippen molar-refractivity contribution in [2.45, 2.75) is 386 Å². The summed E-state index contributed by atoms with van der Waals surface area (Å²) in [7, 11) is 0. The Bertz CT molecular complexity index is 1440. The van der Waals surface area contributed by atoms with Gasteiger partial charge in [-0.15, -0.1) is 0 Å². The largest absolute Gasteiger partial charge is 0.462 e. The first-order chi connectivity index (χ1) is 40.0. The van der Waals surface area contributed by atoms with Crippen molar-refractivity contribution in [2.24, 2.45) is 0 Å². The van der Waals surface area contributed by atoms with E-state index in [2.05, 4.69) is 81.5 Å². The molecule has 6 heteroatoms. The maximum absolute atomic E-state index is 12.9. The molecule has 0 rings (SSSR count). The second-order valence-corrected chi connectivity index (χ2v) is 24.1. The van der Waals surface area contributed by atoms with Gasteiger partial charge in [-0.2, -0.15) is 0 Å². The average Bonchev–Trinajstić information content (AvgIpc) is 3.47. The molecule has 0 spiro atoms. The fraction of sp³-hybridized carbons (Fsp3) is 0.827. The third kappa shape index (κ3) is 67.8. The highest BCUT2D eigenvalue weighted by molar-refractivity contribution is 5.71. The smallest absolute Gasteiger partial charge is 0.306 e. The molecule has 6 nitrogen and oxygen atoms in total. The highest BCUT2D eigenvalue weighted by atomic mass is 16.6. The van der Waals surface area contributed by atoms with Gasteiger partial charge in [-0.3, -0.25) is 14.4 Å². The van der Waals surface area contributed by atoms with Gasteiger partial charge in [0.2, 0.25) is 0 Å². The number of hydrogen-bond donors (Lipinski definition) is 0. The van der Waals surface area contributed by atoms with E-state index in [4.69, 9.17) is 14.2 Å². The van der Waals surface area contributed by atoms with Crippen LogP contribution in [-0.2, 0) is 28.6 Å². The summed E-state index contributed by atoms with van der Waals surface area (Å²) in [6.45, 7) is 6.57. The molecule has 81 heavy (non-hydrogen) atoms. The number of rotatable bonds is 66. The van der Waals surface area contributed by atoms with Crippen LogP contribution in [-0.4, -0.2) is 37.2 Å². The number of ether oxygens (including phenoxy) is 3. The lowest BCUT2D eigenvalue weighted by atomic mass is 10.0. The molecule has 0 amide bonds. The molecule has 0 saturated heterocycles. The van der Waals surface area contributed by atoms with Crippen molar-refractivity contribution in [2.75, 3.05) is 13.2 Å². The Morgan fingerprint density at radius 2 is 0.481 bits per heavy atom. The molecule has 0 aliphatic heterocycles. The lowest BCUT2D eigenvalue weighted by Crippen LogP contribution is -2.30. The second kappa shape index (κ2) is 69.6. The zero-order chi connectivity index (χ0) is 58.5. The maximum atomic E-state index is 12.9. The molecule has 0 fully saturated rings. The highest BCUT2D eigenvalue weighted by Crippen LogP contribution is 2.18. The molecule has 0 aliphatic carbocycles. The Labute approximate surface area is 504 Å². The van der Waals surface area contributed by atoms with E-state index >= 15 is 0 Å². The first-order valence-corrected chi connectivity index (χ1v) is 35.8. The Morgan fingerprint density at radius 1 is 0.259 bits per heavy atom. The number of carbonyl (C=O) groups excluding carboxylic acids is 3. The van der Waals surface area contributed by atoms with E-state index in [1.165, 1.54) is 257 Å². The average molecular weight is 1130 g/mol. The molecule has 0 aliphatic rings. The van der Waals surface area contributed by atoms with E-state index in [1.54, 1.807) is 0 Å². The van der Waals surface area contributed by atoms with Crippen LogP contribution in [0, 0.1) is 0 Å². The van der Waals surface area contributed by atoms with Crippen LogP contribution < -0.4 is 0 Å². The molecule has 0 N–H and O–H groups in total. The third-order valence-corrected chi connectivity index (χ3v) is 16.0. The molecule has 0 bridgehead atoms. The Balaban J connectivity index is 4.10. The summed E-state index contributed by atoms with van der Waals surface area (Å²) in [6.07, 6.45) is 89.8. The van der Waals surface area contributed by atoms with Crippen molar-refractivity contribution in [1.82, 2.24) is 0 Å². The van der Waals surface area contributed by atoms with Crippen molar-refractivity contribution >= 4 is 17.9 Å². The van der Waals surface area contributed by atoms with E-state index < -0.39 is 6.10 Å². The van der Waals surface area contributed by atoms with E-state index in [9.17, 15) is 14.4 Å². The van der Waals surface area contributed by atoms with E-state index in [0.717, 1.165) is 83.5 Å². The quantitative estimate of drug-likeness (QED) is 0.0261. The minimum Gasteiger partial charge on any atom is -0.462 e. The fourth-order valence-electron chi connectivity index (χ4n) is 10.7. The zero-order valence-electron chi connectivity index (χ0n) is 54.3. The summed E-state index contributed by atoms with van der Waals surface area (Å²) < 4.78 is 17.0.